The summed E-state index contributed by atoms with van der Waals surface area (Å²) in [5.74, 6) is -0.266. The number of nitrogens with two attached hydrogens (primary N) is 1. The highest BCUT2D eigenvalue weighted by molar-refractivity contribution is 7.80. The lowest BCUT2D eigenvalue weighted by atomic mass is 9.96. The van der Waals surface area contributed by atoms with Crippen molar-refractivity contribution in [1.82, 2.24) is 4.90 Å². The van der Waals surface area contributed by atoms with Crippen molar-refractivity contribution >= 4 is 17.2 Å². The van der Waals surface area contributed by atoms with Crippen LogP contribution in [-0.2, 0) is 6.54 Å². The van der Waals surface area contributed by atoms with Gasteiger partial charge < -0.3 is 5.73 Å². The molecule has 0 bridgehead atoms. The normalized spacial score (nSPS) is 24.4. The van der Waals surface area contributed by atoms with Crippen LogP contribution in [-0.4, -0.2) is 22.0 Å². The molecule has 4 heteroatoms. The van der Waals surface area contributed by atoms with Gasteiger partial charge in [-0.3, -0.25) is 4.90 Å². The van der Waals surface area contributed by atoms with E-state index >= 15 is 0 Å². The van der Waals surface area contributed by atoms with E-state index in [2.05, 4.69) is 18.7 Å². The number of likely N-dealkylation sites (tertiary alicyclic amines) is 1. The Morgan fingerprint density at radius 2 is 1.95 bits per heavy atom. The van der Waals surface area contributed by atoms with Gasteiger partial charge in [-0.1, -0.05) is 18.6 Å². The number of thiocarbonyl (C=S) groups is 1. The summed E-state index contributed by atoms with van der Waals surface area (Å²) in [7, 11) is 0. The summed E-state index contributed by atoms with van der Waals surface area (Å²) in [4.78, 5) is 2.68. The van der Waals surface area contributed by atoms with E-state index in [-0.39, 0.29) is 10.8 Å². The molecule has 2 unspecified atom stereocenters. The fraction of sp³-hybridized carbons (Fsp3) is 0.533. The molecule has 0 aromatic heterocycles. The maximum Gasteiger partial charge on any atom is 0.124 e. The Kier molecular flexibility index (Phi) is 4.53. The van der Waals surface area contributed by atoms with Crippen LogP contribution >= 0.6 is 12.2 Å². The predicted molar refractivity (Wildman–Crippen MR) is 80.6 cm³/mol. The minimum Gasteiger partial charge on any atom is -0.389 e. The van der Waals surface area contributed by atoms with E-state index in [9.17, 15) is 4.39 Å². The zero-order valence-electron chi connectivity index (χ0n) is 11.5. The van der Waals surface area contributed by atoms with Crippen molar-refractivity contribution in [2.24, 2.45) is 5.73 Å². The molecule has 1 saturated heterocycles. The van der Waals surface area contributed by atoms with Gasteiger partial charge in [0.25, 0.3) is 0 Å². The van der Waals surface area contributed by atoms with E-state index < -0.39 is 0 Å². The third-order valence-electron chi connectivity index (χ3n) is 3.98. The third-order valence-corrected chi connectivity index (χ3v) is 4.22. The van der Waals surface area contributed by atoms with Gasteiger partial charge in [0.05, 0.1) is 0 Å². The van der Waals surface area contributed by atoms with Gasteiger partial charge in [0.2, 0.25) is 0 Å². The van der Waals surface area contributed by atoms with Gasteiger partial charge in [-0.15, -0.1) is 0 Å². The zero-order valence-corrected chi connectivity index (χ0v) is 12.3. The van der Waals surface area contributed by atoms with Crippen molar-refractivity contribution < 1.29 is 4.39 Å². The molecule has 0 saturated carbocycles. The molecule has 2 atom stereocenters. The number of nitrogens with zero attached hydrogens (tertiary/aromatic N) is 1. The minimum atomic E-state index is -0.266. The Morgan fingerprint density at radius 3 is 2.53 bits per heavy atom. The van der Waals surface area contributed by atoms with E-state index in [1.54, 1.807) is 6.07 Å². The SMILES string of the molecule is CC1CCCC(C)N1Cc1cc(F)cc(C(N)=S)c1. The molecule has 19 heavy (non-hydrogen) atoms. The van der Waals surface area contributed by atoms with Crippen LogP contribution in [0.4, 0.5) is 4.39 Å². The second kappa shape index (κ2) is 5.97. The number of benzene rings is 1. The molecule has 1 aliphatic heterocycles. The largest absolute Gasteiger partial charge is 0.389 e. The first kappa shape index (κ1) is 14.4. The van der Waals surface area contributed by atoms with Gasteiger partial charge in [-0.25, -0.2) is 4.39 Å². The van der Waals surface area contributed by atoms with Gasteiger partial charge in [0.1, 0.15) is 10.8 Å². The van der Waals surface area contributed by atoms with Crippen molar-refractivity contribution in [3.63, 3.8) is 0 Å². The maximum atomic E-state index is 13.6. The number of rotatable bonds is 3. The highest BCUT2D eigenvalue weighted by Crippen LogP contribution is 2.25. The number of hydrogen-bond donors (Lipinski definition) is 1. The summed E-state index contributed by atoms with van der Waals surface area (Å²) in [5.41, 5.74) is 7.15. The van der Waals surface area contributed by atoms with E-state index in [4.69, 9.17) is 18.0 Å². The lowest BCUT2D eigenvalue weighted by Gasteiger charge is -2.39. The van der Waals surface area contributed by atoms with E-state index in [1.165, 1.54) is 25.3 Å². The fourth-order valence-electron chi connectivity index (χ4n) is 2.88. The Morgan fingerprint density at radius 1 is 1.32 bits per heavy atom. The Labute approximate surface area is 119 Å². The molecular formula is C15H21FN2S. The van der Waals surface area contributed by atoms with Gasteiger partial charge in [-0.05, 0) is 50.5 Å². The molecule has 1 aromatic rings. The van der Waals surface area contributed by atoms with Gasteiger partial charge in [-0.2, -0.15) is 0 Å². The number of hydrogen-bond acceptors (Lipinski definition) is 2. The molecule has 1 fully saturated rings. The average Bonchev–Trinajstić information content (AvgIpc) is 2.33. The quantitative estimate of drug-likeness (QED) is 0.862. The van der Waals surface area contributed by atoms with Crippen LogP contribution in [0.25, 0.3) is 0 Å². The summed E-state index contributed by atoms with van der Waals surface area (Å²) in [6.07, 6.45) is 3.70. The molecule has 0 radical (unpaired) electrons. The predicted octanol–water partition coefficient (Wildman–Crippen LogP) is 3.22. The van der Waals surface area contributed by atoms with Crippen molar-refractivity contribution in [2.45, 2.75) is 51.7 Å². The van der Waals surface area contributed by atoms with E-state index in [1.807, 2.05) is 6.07 Å². The highest BCUT2D eigenvalue weighted by atomic mass is 32.1. The lowest BCUT2D eigenvalue weighted by Crippen LogP contribution is -2.43. The molecule has 1 heterocycles. The summed E-state index contributed by atoms with van der Waals surface area (Å²) in [6.45, 7) is 5.24. The first-order valence-electron chi connectivity index (χ1n) is 6.82. The van der Waals surface area contributed by atoms with Crippen LogP contribution in [0.3, 0.4) is 0 Å². The van der Waals surface area contributed by atoms with Crippen molar-refractivity contribution in [1.29, 1.82) is 0 Å². The smallest absolute Gasteiger partial charge is 0.124 e. The molecule has 1 aromatic carbocycles. The van der Waals surface area contributed by atoms with Crippen LogP contribution in [0.15, 0.2) is 18.2 Å². The number of piperidine rings is 1. The van der Waals surface area contributed by atoms with Crippen LogP contribution < -0.4 is 5.73 Å². The summed E-state index contributed by atoms with van der Waals surface area (Å²) < 4.78 is 13.6. The molecule has 1 aliphatic rings. The molecule has 0 amide bonds. The molecule has 2 rings (SSSR count). The molecule has 0 aliphatic carbocycles. The molecule has 2 N–H and O–H groups in total. The summed E-state index contributed by atoms with van der Waals surface area (Å²) >= 11 is 4.93. The summed E-state index contributed by atoms with van der Waals surface area (Å²) in [6, 6.07) is 5.96. The second-order valence-corrected chi connectivity index (χ2v) is 5.95. The first-order valence-corrected chi connectivity index (χ1v) is 7.23. The Balaban J connectivity index is 2.20. The van der Waals surface area contributed by atoms with Gasteiger partial charge in [0.15, 0.2) is 0 Å². The van der Waals surface area contributed by atoms with Crippen LogP contribution in [0, 0.1) is 5.82 Å². The van der Waals surface area contributed by atoms with Crippen LogP contribution in [0.5, 0.6) is 0 Å². The number of halogens is 1. The lowest BCUT2D eigenvalue weighted by molar-refractivity contribution is 0.0952. The minimum absolute atomic E-state index is 0.250. The third kappa shape index (κ3) is 3.51. The van der Waals surface area contributed by atoms with Crippen LogP contribution in [0.1, 0.15) is 44.2 Å². The van der Waals surface area contributed by atoms with Gasteiger partial charge >= 0.3 is 0 Å². The monoisotopic (exact) mass is 280 g/mol. The average molecular weight is 280 g/mol. The fourth-order valence-corrected chi connectivity index (χ4v) is 3.00. The van der Waals surface area contributed by atoms with Crippen molar-refractivity contribution in [2.75, 3.05) is 0 Å². The Bertz CT molecular complexity index is 465. The maximum absolute atomic E-state index is 13.6. The molecular weight excluding hydrogens is 259 g/mol. The van der Waals surface area contributed by atoms with E-state index in [0.29, 0.717) is 17.6 Å². The second-order valence-electron chi connectivity index (χ2n) is 5.51. The molecule has 2 nitrogen and oxygen atoms in total. The zero-order chi connectivity index (χ0) is 14.0. The molecule has 0 spiro atoms. The van der Waals surface area contributed by atoms with Crippen molar-refractivity contribution in [3.05, 3.63) is 35.1 Å². The van der Waals surface area contributed by atoms with Crippen molar-refractivity contribution in [3.8, 4) is 0 Å². The standard InChI is InChI=1S/C15H21FN2S/c1-10-4-3-5-11(2)18(10)9-12-6-13(15(17)19)8-14(16)7-12/h6-8,10-11H,3-5,9H2,1-2H3,(H2,17,19). The van der Waals surface area contributed by atoms with Gasteiger partial charge in [0, 0.05) is 24.2 Å². The van der Waals surface area contributed by atoms with Crippen LogP contribution in [0.2, 0.25) is 0 Å². The van der Waals surface area contributed by atoms with E-state index in [0.717, 1.165) is 12.1 Å². The molecule has 104 valence electrons. The Hall–Kier alpha value is -1.00. The highest BCUT2D eigenvalue weighted by Gasteiger charge is 2.24. The summed E-state index contributed by atoms with van der Waals surface area (Å²) in [5, 5.41) is 0. The topological polar surface area (TPSA) is 29.3 Å². The first-order chi connectivity index (χ1) is 8.97.